The average Bonchev–Trinajstić information content (AvgIpc) is 2.72. The average molecular weight is 189 g/mol. The van der Waals surface area contributed by atoms with Gasteiger partial charge in [-0.2, -0.15) is 0 Å². The van der Waals surface area contributed by atoms with Crippen molar-refractivity contribution in [1.29, 1.82) is 0 Å². The summed E-state index contributed by atoms with van der Waals surface area (Å²) < 4.78 is 0. The molecule has 0 aromatic heterocycles. The van der Waals surface area contributed by atoms with Crippen molar-refractivity contribution in [3.8, 4) is 0 Å². The quantitative estimate of drug-likeness (QED) is 0.714. The number of amides is 1. The van der Waals surface area contributed by atoms with Gasteiger partial charge in [-0.3, -0.25) is 4.79 Å². The minimum Gasteiger partial charge on any atom is -0.348 e. The maximum Gasteiger partial charge on any atom is 0.251 e. The van der Waals surface area contributed by atoms with Crippen molar-refractivity contribution in [3.05, 3.63) is 35.9 Å². The third-order valence-corrected chi connectivity index (χ3v) is 2.38. The van der Waals surface area contributed by atoms with Gasteiger partial charge in [-0.1, -0.05) is 12.1 Å². The lowest BCUT2D eigenvalue weighted by atomic mass is 10.2. The van der Waals surface area contributed by atoms with Crippen LogP contribution in [0.1, 0.15) is 16.8 Å². The van der Waals surface area contributed by atoms with Gasteiger partial charge >= 0.3 is 0 Å². The summed E-state index contributed by atoms with van der Waals surface area (Å²) in [7, 11) is 0. The van der Waals surface area contributed by atoms with E-state index < -0.39 is 0 Å². The molecule has 1 heterocycles. The normalized spacial score (nSPS) is 20.7. The van der Waals surface area contributed by atoms with Crippen LogP contribution in [0.3, 0.4) is 0 Å². The molecule has 2 N–H and O–H groups in total. The smallest absolute Gasteiger partial charge is 0.251 e. The minimum absolute atomic E-state index is 0.00713. The Morgan fingerprint density at radius 2 is 2.29 bits per heavy atom. The van der Waals surface area contributed by atoms with Crippen molar-refractivity contribution in [2.45, 2.75) is 12.5 Å². The highest BCUT2D eigenvalue weighted by Crippen LogP contribution is 2.01. The monoisotopic (exact) mass is 189 g/mol. The second-order valence-electron chi connectivity index (χ2n) is 3.45. The second-order valence-corrected chi connectivity index (χ2v) is 3.45. The Morgan fingerprint density at radius 3 is 2.93 bits per heavy atom. The fourth-order valence-corrected chi connectivity index (χ4v) is 1.58. The maximum atomic E-state index is 11.6. The molecule has 1 atom stereocenters. The summed E-state index contributed by atoms with van der Waals surface area (Å²) in [5, 5.41) is 6.19. The molecule has 3 nitrogen and oxygen atoms in total. The number of hydrogen-bond acceptors (Lipinski definition) is 2. The van der Waals surface area contributed by atoms with Crippen LogP contribution in [0.2, 0.25) is 0 Å². The summed E-state index contributed by atoms with van der Waals surface area (Å²) >= 11 is 0. The molecule has 1 fully saturated rings. The Bertz CT molecular complexity index is 304. The lowest BCUT2D eigenvalue weighted by Crippen LogP contribution is -2.36. The Labute approximate surface area is 83.5 Å². The van der Waals surface area contributed by atoms with E-state index in [0.717, 1.165) is 19.5 Å². The zero-order valence-corrected chi connectivity index (χ0v) is 7.92. The predicted octanol–water partition coefficient (Wildman–Crippen LogP) is 0.578. The van der Waals surface area contributed by atoms with Crippen LogP contribution in [0, 0.1) is 6.07 Å². The highest BCUT2D eigenvalue weighted by atomic mass is 16.1. The molecule has 3 heteroatoms. The third-order valence-electron chi connectivity index (χ3n) is 2.38. The second kappa shape index (κ2) is 4.24. The molecule has 0 spiro atoms. The van der Waals surface area contributed by atoms with E-state index in [9.17, 15) is 4.79 Å². The van der Waals surface area contributed by atoms with Crippen LogP contribution in [0.25, 0.3) is 0 Å². The lowest BCUT2D eigenvalue weighted by Gasteiger charge is -2.10. The van der Waals surface area contributed by atoms with Crippen LogP contribution in [-0.2, 0) is 0 Å². The van der Waals surface area contributed by atoms with Gasteiger partial charge in [0, 0.05) is 18.2 Å². The van der Waals surface area contributed by atoms with Gasteiger partial charge in [-0.05, 0) is 31.2 Å². The molecule has 1 radical (unpaired) electrons. The van der Waals surface area contributed by atoms with Crippen LogP contribution in [0.4, 0.5) is 0 Å². The summed E-state index contributed by atoms with van der Waals surface area (Å²) in [5.74, 6) is 0.00713. The van der Waals surface area contributed by atoms with Gasteiger partial charge in [0.05, 0.1) is 0 Å². The first-order valence-corrected chi connectivity index (χ1v) is 4.84. The van der Waals surface area contributed by atoms with Crippen LogP contribution < -0.4 is 10.6 Å². The van der Waals surface area contributed by atoms with E-state index in [-0.39, 0.29) is 11.9 Å². The zero-order valence-electron chi connectivity index (χ0n) is 7.92. The van der Waals surface area contributed by atoms with Crippen molar-refractivity contribution in [1.82, 2.24) is 10.6 Å². The standard InChI is InChI=1S/C11H13N2O/c14-11(9-4-2-1-3-5-9)13-10-6-7-12-8-10/h2-5,10,12H,6-8H2,(H,13,14)/t10-/m0/s1. The first kappa shape index (κ1) is 9.21. The van der Waals surface area contributed by atoms with Gasteiger partial charge in [-0.15, -0.1) is 0 Å². The number of carbonyl (C=O) groups is 1. The first-order valence-electron chi connectivity index (χ1n) is 4.84. The highest BCUT2D eigenvalue weighted by molar-refractivity contribution is 5.94. The van der Waals surface area contributed by atoms with Crippen LogP contribution in [0.5, 0.6) is 0 Å². The summed E-state index contributed by atoms with van der Waals surface area (Å²) in [5.41, 5.74) is 0.704. The minimum atomic E-state index is 0.00713. The van der Waals surface area contributed by atoms with Crippen molar-refractivity contribution in [3.63, 3.8) is 0 Å². The number of benzene rings is 1. The number of hydrogen-bond donors (Lipinski definition) is 2. The molecule has 14 heavy (non-hydrogen) atoms. The van der Waals surface area contributed by atoms with E-state index >= 15 is 0 Å². The molecule has 0 unspecified atom stereocenters. The van der Waals surface area contributed by atoms with Gasteiger partial charge in [-0.25, -0.2) is 0 Å². The Hall–Kier alpha value is -1.35. The molecule has 73 valence electrons. The predicted molar refractivity (Wildman–Crippen MR) is 54.0 cm³/mol. The molecule has 1 aliphatic rings. The summed E-state index contributed by atoms with van der Waals surface area (Å²) in [6, 6.07) is 10.2. The van der Waals surface area contributed by atoms with Crippen molar-refractivity contribution in [2.24, 2.45) is 0 Å². The highest BCUT2D eigenvalue weighted by Gasteiger charge is 2.16. The van der Waals surface area contributed by atoms with Gasteiger partial charge in [0.1, 0.15) is 0 Å². The number of carbonyl (C=O) groups excluding carboxylic acids is 1. The maximum absolute atomic E-state index is 11.6. The molecule has 1 aromatic carbocycles. The molecule has 0 aliphatic carbocycles. The lowest BCUT2D eigenvalue weighted by molar-refractivity contribution is 0.0940. The Kier molecular flexibility index (Phi) is 2.79. The van der Waals surface area contributed by atoms with Crippen molar-refractivity contribution in [2.75, 3.05) is 13.1 Å². The van der Waals surface area contributed by atoms with E-state index in [2.05, 4.69) is 16.7 Å². The Morgan fingerprint density at radius 1 is 1.50 bits per heavy atom. The molecule has 2 rings (SSSR count). The molecule has 0 saturated carbocycles. The summed E-state index contributed by atoms with van der Waals surface area (Å²) in [6.07, 6.45) is 1.02. The molecular formula is C11H13N2O. The summed E-state index contributed by atoms with van der Waals surface area (Å²) in [4.78, 5) is 11.6. The van der Waals surface area contributed by atoms with E-state index in [0.29, 0.717) is 5.56 Å². The van der Waals surface area contributed by atoms with Crippen LogP contribution >= 0.6 is 0 Å². The van der Waals surface area contributed by atoms with Crippen LogP contribution in [0.15, 0.2) is 24.3 Å². The van der Waals surface area contributed by atoms with E-state index in [1.165, 1.54) is 0 Å². The fraction of sp³-hybridized carbons (Fsp3) is 0.364. The topological polar surface area (TPSA) is 41.1 Å². The molecule has 1 amide bonds. The largest absolute Gasteiger partial charge is 0.348 e. The van der Waals surface area contributed by atoms with Crippen LogP contribution in [-0.4, -0.2) is 25.0 Å². The van der Waals surface area contributed by atoms with Gasteiger partial charge in [0.2, 0.25) is 0 Å². The SMILES string of the molecule is O=C(N[C@H]1CCNC1)c1cc[c]cc1. The first-order chi connectivity index (χ1) is 6.86. The zero-order chi connectivity index (χ0) is 9.80. The number of rotatable bonds is 2. The van der Waals surface area contributed by atoms with Gasteiger partial charge in [0.25, 0.3) is 5.91 Å². The molecule has 1 saturated heterocycles. The molecule has 1 aliphatic heterocycles. The van der Waals surface area contributed by atoms with Gasteiger partial charge < -0.3 is 10.6 Å². The van der Waals surface area contributed by atoms with E-state index in [1.807, 2.05) is 0 Å². The third kappa shape index (κ3) is 2.12. The van der Waals surface area contributed by atoms with E-state index in [1.54, 1.807) is 24.3 Å². The van der Waals surface area contributed by atoms with Crippen molar-refractivity contribution >= 4 is 5.91 Å². The van der Waals surface area contributed by atoms with Gasteiger partial charge in [0.15, 0.2) is 0 Å². The fourth-order valence-electron chi connectivity index (χ4n) is 1.58. The van der Waals surface area contributed by atoms with Crippen molar-refractivity contribution < 1.29 is 4.79 Å². The van der Waals surface area contributed by atoms with E-state index in [4.69, 9.17) is 0 Å². The Balaban J connectivity index is 1.95. The molecular weight excluding hydrogens is 176 g/mol. The number of nitrogens with one attached hydrogen (secondary N) is 2. The molecule has 1 aromatic rings. The molecule has 0 bridgehead atoms. The summed E-state index contributed by atoms with van der Waals surface area (Å²) in [6.45, 7) is 1.87.